The zero-order chi connectivity index (χ0) is 15.1. The maximum Gasteiger partial charge on any atom is 0.294 e. The van der Waals surface area contributed by atoms with Crippen molar-refractivity contribution < 1.29 is 9.72 Å². The van der Waals surface area contributed by atoms with E-state index in [1.807, 2.05) is 6.92 Å². The van der Waals surface area contributed by atoms with E-state index in [2.05, 4.69) is 12.2 Å². The van der Waals surface area contributed by atoms with E-state index in [9.17, 15) is 14.9 Å². The summed E-state index contributed by atoms with van der Waals surface area (Å²) in [4.78, 5) is 22.6. The highest BCUT2D eigenvalue weighted by Crippen LogP contribution is 2.28. The summed E-state index contributed by atoms with van der Waals surface area (Å²) >= 11 is 5.74. The summed E-state index contributed by atoms with van der Waals surface area (Å²) in [5, 5.41) is 13.9. The number of nitro benzene ring substituents is 1. The number of rotatable bonds is 7. The van der Waals surface area contributed by atoms with E-state index in [1.165, 1.54) is 18.2 Å². The van der Waals surface area contributed by atoms with Gasteiger partial charge in [0.2, 0.25) is 5.91 Å². The number of carbonyl (C=O) groups excluding carboxylic acids is 1. The lowest BCUT2D eigenvalue weighted by Gasteiger charge is -2.14. The second-order valence-electron chi connectivity index (χ2n) is 4.66. The van der Waals surface area contributed by atoms with Crippen molar-refractivity contribution in [3.05, 3.63) is 33.3 Å². The topological polar surface area (TPSA) is 72.2 Å². The Bertz CT molecular complexity index is 491. The Kier molecular flexibility index (Phi) is 6.45. The predicted octanol–water partition coefficient (Wildman–Crippen LogP) is 4.40. The Morgan fingerprint density at radius 1 is 1.45 bits per heavy atom. The van der Waals surface area contributed by atoms with Crippen LogP contribution in [0.15, 0.2) is 18.2 Å². The van der Waals surface area contributed by atoms with Crippen LogP contribution < -0.4 is 5.32 Å². The van der Waals surface area contributed by atoms with E-state index in [0.717, 1.165) is 19.3 Å². The van der Waals surface area contributed by atoms with Gasteiger partial charge in [0.15, 0.2) is 0 Å². The first-order chi connectivity index (χ1) is 9.49. The Morgan fingerprint density at radius 3 is 2.70 bits per heavy atom. The fourth-order valence-electron chi connectivity index (χ4n) is 1.97. The van der Waals surface area contributed by atoms with Gasteiger partial charge in [0.1, 0.15) is 5.69 Å². The number of unbranched alkanes of at least 4 members (excludes halogenated alkanes) is 1. The SMILES string of the molecule is CCCC[C@H](CC)C(=O)Nc1ccc(Cl)cc1[N+](=O)[O-]. The molecule has 1 rings (SSSR count). The van der Waals surface area contributed by atoms with Crippen LogP contribution in [-0.2, 0) is 4.79 Å². The van der Waals surface area contributed by atoms with Crippen LogP contribution in [0.25, 0.3) is 0 Å². The van der Waals surface area contributed by atoms with Crippen LogP contribution in [0.2, 0.25) is 5.02 Å². The molecule has 1 atom stereocenters. The zero-order valence-corrected chi connectivity index (χ0v) is 12.4. The molecule has 0 spiro atoms. The fraction of sp³-hybridized carbons (Fsp3) is 0.500. The van der Waals surface area contributed by atoms with Gasteiger partial charge < -0.3 is 5.32 Å². The van der Waals surface area contributed by atoms with E-state index in [-0.39, 0.29) is 28.2 Å². The summed E-state index contributed by atoms with van der Waals surface area (Å²) < 4.78 is 0. The minimum absolute atomic E-state index is 0.120. The lowest BCUT2D eigenvalue weighted by Crippen LogP contribution is -2.22. The Hall–Kier alpha value is -1.62. The third-order valence-electron chi connectivity index (χ3n) is 3.18. The molecule has 0 saturated heterocycles. The molecule has 0 saturated carbocycles. The van der Waals surface area contributed by atoms with Crippen molar-refractivity contribution >= 4 is 28.9 Å². The highest BCUT2D eigenvalue weighted by molar-refractivity contribution is 6.31. The third kappa shape index (κ3) is 4.49. The van der Waals surface area contributed by atoms with Gasteiger partial charge in [0, 0.05) is 17.0 Å². The number of amides is 1. The minimum atomic E-state index is -0.547. The van der Waals surface area contributed by atoms with E-state index in [1.54, 1.807) is 0 Å². The summed E-state index contributed by atoms with van der Waals surface area (Å²) in [7, 11) is 0. The Balaban J connectivity index is 2.86. The monoisotopic (exact) mass is 298 g/mol. The average molecular weight is 299 g/mol. The number of hydrogen-bond donors (Lipinski definition) is 1. The molecule has 0 aromatic heterocycles. The Morgan fingerprint density at radius 2 is 2.15 bits per heavy atom. The van der Waals surface area contributed by atoms with E-state index < -0.39 is 4.92 Å². The van der Waals surface area contributed by atoms with Crippen LogP contribution in [0, 0.1) is 16.0 Å². The van der Waals surface area contributed by atoms with Crippen LogP contribution in [-0.4, -0.2) is 10.8 Å². The molecule has 0 heterocycles. The minimum Gasteiger partial charge on any atom is -0.320 e. The van der Waals surface area contributed by atoms with E-state index >= 15 is 0 Å². The van der Waals surface area contributed by atoms with E-state index in [4.69, 9.17) is 11.6 Å². The molecule has 6 heteroatoms. The molecule has 0 fully saturated rings. The number of nitrogens with one attached hydrogen (secondary N) is 1. The number of nitrogens with zero attached hydrogens (tertiary/aromatic N) is 1. The average Bonchev–Trinajstić information content (AvgIpc) is 2.41. The quantitative estimate of drug-likeness (QED) is 0.599. The summed E-state index contributed by atoms with van der Waals surface area (Å²) in [5.41, 5.74) is 0.00976. The first-order valence-corrected chi connectivity index (χ1v) is 7.12. The molecule has 5 nitrogen and oxygen atoms in total. The van der Waals surface area contributed by atoms with Crippen LogP contribution in [0.3, 0.4) is 0 Å². The first-order valence-electron chi connectivity index (χ1n) is 6.74. The molecule has 0 aliphatic rings. The van der Waals surface area contributed by atoms with Crippen molar-refractivity contribution in [3.63, 3.8) is 0 Å². The van der Waals surface area contributed by atoms with Crippen molar-refractivity contribution in [2.75, 3.05) is 5.32 Å². The number of nitro groups is 1. The van der Waals surface area contributed by atoms with Crippen molar-refractivity contribution in [3.8, 4) is 0 Å². The summed E-state index contributed by atoms with van der Waals surface area (Å²) in [5.74, 6) is -0.295. The predicted molar refractivity (Wildman–Crippen MR) is 80.0 cm³/mol. The number of carbonyl (C=O) groups is 1. The van der Waals surface area contributed by atoms with Crippen molar-refractivity contribution in [1.29, 1.82) is 0 Å². The van der Waals surface area contributed by atoms with Crippen LogP contribution in [0.1, 0.15) is 39.5 Å². The molecule has 1 amide bonds. The molecule has 0 bridgehead atoms. The molecule has 1 N–H and O–H groups in total. The summed E-state index contributed by atoms with van der Waals surface area (Å²) in [6.45, 7) is 4.00. The standard InChI is InChI=1S/C14H19ClN2O3/c1-3-5-6-10(4-2)14(18)16-12-8-7-11(15)9-13(12)17(19)20/h7-10H,3-6H2,1-2H3,(H,16,18)/t10-/m0/s1. The molecule has 0 aliphatic heterocycles. The lowest BCUT2D eigenvalue weighted by atomic mass is 9.98. The largest absolute Gasteiger partial charge is 0.320 e. The Labute approximate surface area is 123 Å². The van der Waals surface area contributed by atoms with Crippen LogP contribution >= 0.6 is 11.6 Å². The third-order valence-corrected chi connectivity index (χ3v) is 3.42. The van der Waals surface area contributed by atoms with Gasteiger partial charge in [-0.25, -0.2) is 0 Å². The van der Waals surface area contributed by atoms with Gasteiger partial charge in [-0.1, -0.05) is 38.3 Å². The maximum atomic E-state index is 12.1. The van der Waals surface area contributed by atoms with Crippen LogP contribution in [0.5, 0.6) is 0 Å². The summed E-state index contributed by atoms with van der Waals surface area (Å²) in [6.07, 6.45) is 3.49. The molecule has 110 valence electrons. The van der Waals surface area contributed by atoms with Gasteiger partial charge in [-0.05, 0) is 25.0 Å². The smallest absolute Gasteiger partial charge is 0.294 e. The fourth-order valence-corrected chi connectivity index (χ4v) is 2.13. The maximum absolute atomic E-state index is 12.1. The van der Waals surface area contributed by atoms with Gasteiger partial charge in [-0.3, -0.25) is 14.9 Å². The number of hydrogen-bond acceptors (Lipinski definition) is 3. The number of anilines is 1. The van der Waals surface area contributed by atoms with Crippen molar-refractivity contribution in [2.24, 2.45) is 5.92 Å². The molecule has 1 aromatic rings. The molecule has 0 unspecified atom stereocenters. The van der Waals surface area contributed by atoms with Gasteiger partial charge in [-0.15, -0.1) is 0 Å². The molecule has 1 aromatic carbocycles. The number of benzene rings is 1. The number of halogens is 1. The first kappa shape index (κ1) is 16.4. The second kappa shape index (κ2) is 7.85. The highest BCUT2D eigenvalue weighted by Gasteiger charge is 2.20. The molecule has 0 aliphatic carbocycles. The lowest BCUT2D eigenvalue weighted by molar-refractivity contribution is -0.383. The van der Waals surface area contributed by atoms with Crippen molar-refractivity contribution in [2.45, 2.75) is 39.5 Å². The van der Waals surface area contributed by atoms with Gasteiger partial charge in [0.05, 0.1) is 4.92 Å². The highest BCUT2D eigenvalue weighted by atomic mass is 35.5. The van der Waals surface area contributed by atoms with Gasteiger partial charge in [-0.2, -0.15) is 0 Å². The molecule has 0 radical (unpaired) electrons. The second-order valence-corrected chi connectivity index (χ2v) is 5.09. The van der Waals surface area contributed by atoms with E-state index in [0.29, 0.717) is 6.42 Å². The molecular weight excluding hydrogens is 280 g/mol. The normalized spacial score (nSPS) is 11.9. The zero-order valence-electron chi connectivity index (χ0n) is 11.7. The van der Waals surface area contributed by atoms with Crippen LogP contribution in [0.4, 0.5) is 11.4 Å². The molecule has 20 heavy (non-hydrogen) atoms. The molecular formula is C14H19ClN2O3. The van der Waals surface area contributed by atoms with Gasteiger partial charge in [0.25, 0.3) is 5.69 Å². The summed E-state index contributed by atoms with van der Waals surface area (Å²) in [6, 6.07) is 4.23. The van der Waals surface area contributed by atoms with Gasteiger partial charge >= 0.3 is 0 Å². The van der Waals surface area contributed by atoms with Crippen molar-refractivity contribution in [1.82, 2.24) is 0 Å².